The zero-order chi connectivity index (χ0) is 21.3. The molecule has 1 atom stereocenters. The molecule has 1 aliphatic rings. The van der Waals surface area contributed by atoms with Crippen molar-refractivity contribution in [1.29, 1.82) is 0 Å². The van der Waals surface area contributed by atoms with Gasteiger partial charge >= 0.3 is 0 Å². The first-order chi connectivity index (χ1) is 14.5. The zero-order valence-corrected chi connectivity index (χ0v) is 17.1. The van der Waals surface area contributed by atoms with Crippen LogP contribution in [0.15, 0.2) is 53.5 Å². The first-order valence-electron chi connectivity index (χ1n) is 9.79. The molecule has 0 radical (unpaired) electrons. The fourth-order valence-corrected chi connectivity index (χ4v) is 3.05. The maximum Gasteiger partial charge on any atom is 0.258 e. The molecular formula is C22H26N4O4. The van der Waals surface area contributed by atoms with E-state index in [0.717, 1.165) is 25.1 Å². The fourth-order valence-electron chi connectivity index (χ4n) is 3.05. The second kappa shape index (κ2) is 10.4. The van der Waals surface area contributed by atoms with Crippen LogP contribution >= 0.6 is 0 Å². The quantitative estimate of drug-likeness (QED) is 0.502. The summed E-state index contributed by atoms with van der Waals surface area (Å²) < 4.78 is 10.9. The second-order valence-corrected chi connectivity index (χ2v) is 6.90. The van der Waals surface area contributed by atoms with Crippen molar-refractivity contribution in [3.8, 4) is 5.75 Å². The number of methoxy groups -OCH3 is 1. The number of rotatable bonds is 6. The van der Waals surface area contributed by atoms with Gasteiger partial charge in [0.2, 0.25) is 11.9 Å². The van der Waals surface area contributed by atoms with Crippen molar-refractivity contribution >= 4 is 29.1 Å². The van der Waals surface area contributed by atoms with E-state index in [9.17, 15) is 9.59 Å². The molecule has 30 heavy (non-hydrogen) atoms. The Morgan fingerprint density at radius 2 is 1.90 bits per heavy atom. The monoisotopic (exact) mass is 410 g/mol. The van der Waals surface area contributed by atoms with Gasteiger partial charge in [-0.05, 0) is 43.2 Å². The van der Waals surface area contributed by atoms with Crippen LogP contribution in [0, 0.1) is 0 Å². The maximum atomic E-state index is 12.8. The molecule has 0 spiro atoms. The van der Waals surface area contributed by atoms with Gasteiger partial charge in [-0.1, -0.05) is 12.1 Å². The first kappa shape index (κ1) is 21.3. The summed E-state index contributed by atoms with van der Waals surface area (Å²) in [5.74, 6) is 0.455. The minimum atomic E-state index is -0.344. The van der Waals surface area contributed by atoms with Gasteiger partial charge in [0.05, 0.1) is 19.8 Å². The predicted molar refractivity (Wildman–Crippen MR) is 116 cm³/mol. The Hall–Kier alpha value is -3.39. The minimum absolute atomic E-state index is 0.0482. The highest BCUT2D eigenvalue weighted by molar-refractivity contribution is 6.10. The number of nitrogens with one attached hydrogen (secondary N) is 3. The summed E-state index contributed by atoms with van der Waals surface area (Å²) in [7, 11) is 1.59. The van der Waals surface area contributed by atoms with Crippen LogP contribution in [0.3, 0.4) is 0 Å². The average molecular weight is 410 g/mol. The van der Waals surface area contributed by atoms with Crippen LogP contribution in [0.2, 0.25) is 0 Å². The highest BCUT2D eigenvalue weighted by atomic mass is 16.5. The van der Waals surface area contributed by atoms with E-state index < -0.39 is 0 Å². The molecular weight excluding hydrogens is 384 g/mol. The highest BCUT2D eigenvalue weighted by Crippen LogP contribution is 2.17. The number of amides is 2. The largest absolute Gasteiger partial charge is 0.497 e. The number of carbonyl (C=O) groups excluding carboxylic acids is 2. The van der Waals surface area contributed by atoms with Gasteiger partial charge in [0, 0.05) is 36.5 Å². The van der Waals surface area contributed by atoms with Crippen molar-refractivity contribution in [3.63, 3.8) is 0 Å². The summed E-state index contributed by atoms with van der Waals surface area (Å²) >= 11 is 0. The lowest BCUT2D eigenvalue weighted by molar-refractivity contribution is -0.114. The summed E-state index contributed by atoms with van der Waals surface area (Å²) in [4.78, 5) is 28.6. The van der Waals surface area contributed by atoms with E-state index in [4.69, 9.17) is 9.47 Å². The number of benzene rings is 2. The molecule has 158 valence electrons. The molecule has 3 rings (SSSR count). The molecule has 1 heterocycles. The van der Waals surface area contributed by atoms with E-state index in [1.54, 1.807) is 31.4 Å². The van der Waals surface area contributed by atoms with Crippen LogP contribution in [-0.4, -0.2) is 44.1 Å². The van der Waals surface area contributed by atoms with Gasteiger partial charge in [-0.3, -0.25) is 14.9 Å². The molecule has 1 aliphatic heterocycles. The number of hydrogen-bond donors (Lipinski definition) is 3. The standard InChI is InChI=1S/C22H26N4O4/c1-15(27)24-17-7-3-6-16(12-17)21(28)26-22(23-14-20-10-5-11-30-20)25-18-8-4-9-19(13-18)29-2/h3-4,6-9,12-13,20H,5,10-11,14H2,1-2H3,(H,24,27)(H2,23,25,26,28)/t20-/m1/s1. The van der Waals surface area contributed by atoms with Crippen LogP contribution in [0.4, 0.5) is 11.4 Å². The number of ether oxygens (including phenoxy) is 2. The van der Waals surface area contributed by atoms with Crippen molar-refractivity contribution < 1.29 is 19.1 Å². The van der Waals surface area contributed by atoms with Crippen molar-refractivity contribution in [1.82, 2.24) is 5.32 Å². The van der Waals surface area contributed by atoms with Crippen LogP contribution < -0.4 is 20.7 Å². The second-order valence-electron chi connectivity index (χ2n) is 6.90. The summed E-state index contributed by atoms with van der Waals surface area (Å²) in [6, 6.07) is 14.1. The number of guanidine groups is 1. The van der Waals surface area contributed by atoms with E-state index in [1.807, 2.05) is 24.3 Å². The Morgan fingerprint density at radius 3 is 2.60 bits per heavy atom. The molecule has 0 bridgehead atoms. The third-order valence-corrected chi connectivity index (χ3v) is 4.49. The van der Waals surface area contributed by atoms with Crippen molar-refractivity contribution in [2.24, 2.45) is 4.99 Å². The number of aliphatic imine (C=N–C) groups is 1. The molecule has 8 nitrogen and oxygen atoms in total. The molecule has 8 heteroatoms. The molecule has 0 aliphatic carbocycles. The van der Waals surface area contributed by atoms with Gasteiger partial charge in [0.1, 0.15) is 5.75 Å². The van der Waals surface area contributed by atoms with E-state index >= 15 is 0 Å². The molecule has 0 aromatic heterocycles. The van der Waals surface area contributed by atoms with Crippen LogP contribution in [0.25, 0.3) is 0 Å². The molecule has 0 saturated carbocycles. The normalized spacial score (nSPS) is 16.1. The third-order valence-electron chi connectivity index (χ3n) is 4.49. The Balaban J connectivity index is 1.76. The summed E-state index contributed by atoms with van der Waals surface area (Å²) in [6.45, 7) is 2.60. The lowest BCUT2D eigenvalue weighted by Gasteiger charge is -2.14. The zero-order valence-electron chi connectivity index (χ0n) is 17.1. The molecule has 2 aromatic rings. The smallest absolute Gasteiger partial charge is 0.258 e. The Bertz CT molecular complexity index is 923. The van der Waals surface area contributed by atoms with Crippen LogP contribution in [0.1, 0.15) is 30.1 Å². The van der Waals surface area contributed by atoms with Gasteiger partial charge in [-0.15, -0.1) is 0 Å². The van der Waals surface area contributed by atoms with E-state index in [-0.39, 0.29) is 17.9 Å². The van der Waals surface area contributed by atoms with Gasteiger partial charge < -0.3 is 20.1 Å². The lowest BCUT2D eigenvalue weighted by atomic mass is 10.2. The van der Waals surface area contributed by atoms with E-state index in [0.29, 0.717) is 29.5 Å². The minimum Gasteiger partial charge on any atom is -0.497 e. The van der Waals surface area contributed by atoms with Gasteiger partial charge in [-0.2, -0.15) is 0 Å². The van der Waals surface area contributed by atoms with Crippen molar-refractivity contribution in [2.75, 3.05) is 30.9 Å². The SMILES string of the molecule is COc1cccc(NC(=NC[C@H]2CCCO2)NC(=O)c2cccc(NC(C)=O)c2)c1. The van der Waals surface area contributed by atoms with Gasteiger partial charge in [0.15, 0.2) is 0 Å². The molecule has 1 fully saturated rings. The molecule has 2 aromatic carbocycles. The Labute approximate surface area is 175 Å². The average Bonchev–Trinajstić information content (AvgIpc) is 3.25. The molecule has 1 saturated heterocycles. The molecule has 2 amide bonds. The summed E-state index contributed by atoms with van der Waals surface area (Å²) in [5, 5.41) is 8.63. The maximum absolute atomic E-state index is 12.8. The van der Waals surface area contributed by atoms with Crippen LogP contribution in [0.5, 0.6) is 5.75 Å². The summed E-state index contributed by atoms with van der Waals surface area (Å²) in [6.07, 6.45) is 2.01. The van der Waals surface area contributed by atoms with Crippen LogP contribution in [-0.2, 0) is 9.53 Å². The third kappa shape index (κ3) is 6.31. The lowest BCUT2D eigenvalue weighted by Crippen LogP contribution is -2.36. The topological polar surface area (TPSA) is 101 Å². The number of anilines is 2. The Morgan fingerprint density at radius 1 is 1.13 bits per heavy atom. The van der Waals surface area contributed by atoms with Crippen molar-refractivity contribution in [2.45, 2.75) is 25.9 Å². The highest BCUT2D eigenvalue weighted by Gasteiger charge is 2.16. The van der Waals surface area contributed by atoms with E-state index in [1.165, 1.54) is 6.92 Å². The first-order valence-corrected chi connectivity index (χ1v) is 9.79. The fraction of sp³-hybridized carbons (Fsp3) is 0.318. The number of carbonyl (C=O) groups is 2. The van der Waals surface area contributed by atoms with E-state index in [2.05, 4.69) is 20.9 Å². The van der Waals surface area contributed by atoms with Gasteiger partial charge in [0.25, 0.3) is 5.91 Å². The molecule has 0 unspecified atom stereocenters. The molecule has 3 N–H and O–H groups in total. The number of nitrogens with zero attached hydrogens (tertiary/aromatic N) is 1. The van der Waals surface area contributed by atoms with Gasteiger partial charge in [-0.25, -0.2) is 4.99 Å². The predicted octanol–water partition coefficient (Wildman–Crippen LogP) is 3.03. The Kier molecular flexibility index (Phi) is 7.40. The number of hydrogen-bond acceptors (Lipinski definition) is 5. The van der Waals surface area contributed by atoms with Crippen molar-refractivity contribution in [3.05, 3.63) is 54.1 Å². The summed E-state index contributed by atoms with van der Waals surface area (Å²) in [5.41, 5.74) is 1.68.